The Morgan fingerprint density at radius 2 is 1.83 bits per heavy atom. The summed E-state index contributed by atoms with van der Waals surface area (Å²) in [6.45, 7) is 2.08. The van der Waals surface area contributed by atoms with Crippen molar-refractivity contribution in [1.82, 2.24) is 0 Å². The van der Waals surface area contributed by atoms with Crippen LogP contribution < -0.4 is 4.74 Å². The van der Waals surface area contributed by atoms with Crippen LogP contribution in [0.1, 0.15) is 22.1 Å². The highest BCUT2D eigenvalue weighted by molar-refractivity contribution is 6.20. The van der Waals surface area contributed by atoms with E-state index in [9.17, 15) is 0 Å². The normalized spacial score (nSPS) is 12.2. The summed E-state index contributed by atoms with van der Waals surface area (Å²) >= 11 is 6.46. The number of methoxy groups -OCH3 is 1. The largest absolute Gasteiger partial charge is 0.497 e. The monoisotopic (exact) mass is 260 g/mol. The zero-order valence-corrected chi connectivity index (χ0v) is 11.4. The van der Waals surface area contributed by atoms with Crippen molar-refractivity contribution in [3.05, 3.63) is 65.2 Å². The fraction of sp³-hybridized carbons (Fsp3) is 0.250. The maximum atomic E-state index is 6.46. The maximum Gasteiger partial charge on any atom is 0.118 e. The Labute approximate surface area is 113 Å². The number of hydrogen-bond acceptors (Lipinski definition) is 1. The van der Waals surface area contributed by atoms with Gasteiger partial charge in [0.25, 0.3) is 0 Å². The molecule has 0 N–H and O–H groups in total. The highest BCUT2D eigenvalue weighted by Crippen LogP contribution is 2.26. The van der Waals surface area contributed by atoms with E-state index in [0.29, 0.717) is 0 Å². The standard InChI is InChI=1S/C16H17ClO/c1-12-4-3-5-14(10-12)16(17)11-13-6-8-15(18-2)9-7-13/h3-10,16H,11H2,1-2H3. The average Bonchev–Trinajstić information content (AvgIpc) is 2.39. The minimum absolute atomic E-state index is 0.0123. The van der Waals surface area contributed by atoms with Crippen molar-refractivity contribution in [3.8, 4) is 5.75 Å². The molecule has 0 saturated heterocycles. The van der Waals surface area contributed by atoms with Gasteiger partial charge in [0.2, 0.25) is 0 Å². The zero-order valence-electron chi connectivity index (χ0n) is 10.7. The molecule has 1 atom stereocenters. The topological polar surface area (TPSA) is 9.23 Å². The lowest BCUT2D eigenvalue weighted by Crippen LogP contribution is -1.96. The third-order valence-corrected chi connectivity index (χ3v) is 3.38. The summed E-state index contributed by atoms with van der Waals surface area (Å²) in [5.74, 6) is 0.875. The van der Waals surface area contributed by atoms with Gasteiger partial charge < -0.3 is 4.74 Å². The van der Waals surface area contributed by atoms with Crippen molar-refractivity contribution >= 4 is 11.6 Å². The van der Waals surface area contributed by atoms with E-state index in [2.05, 4.69) is 37.3 Å². The first kappa shape index (κ1) is 13.0. The van der Waals surface area contributed by atoms with Gasteiger partial charge in [0.1, 0.15) is 5.75 Å². The quantitative estimate of drug-likeness (QED) is 0.734. The maximum absolute atomic E-state index is 6.46. The van der Waals surface area contributed by atoms with E-state index >= 15 is 0 Å². The molecule has 2 heteroatoms. The van der Waals surface area contributed by atoms with Gasteiger partial charge in [0.05, 0.1) is 12.5 Å². The second kappa shape index (κ2) is 5.92. The average molecular weight is 261 g/mol. The number of ether oxygens (including phenoxy) is 1. The first-order valence-corrected chi connectivity index (χ1v) is 6.46. The molecule has 0 amide bonds. The molecule has 0 aromatic heterocycles. The van der Waals surface area contributed by atoms with E-state index in [1.54, 1.807) is 7.11 Å². The van der Waals surface area contributed by atoms with Crippen LogP contribution in [0.2, 0.25) is 0 Å². The lowest BCUT2D eigenvalue weighted by molar-refractivity contribution is 0.414. The minimum atomic E-state index is 0.0123. The molecule has 2 aromatic rings. The Morgan fingerprint density at radius 1 is 1.11 bits per heavy atom. The first-order valence-electron chi connectivity index (χ1n) is 6.02. The van der Waals surface area contributed by atoms with E-state index in [1.165, 1.54) is 16.7 Å². The van der Waals surface area contributed by atoms with Crippen LogP contribution in [-0.2, 0) is 6.42 Å². The molecule has 0 bridgehead atoms. The summed E-state index contributed by atoms with van der Waals surface area (Å²) in [6.07, 6.45) is 0.828. The number of rotatable bonds is 4. The molecule has 18 heavy (non-hydrogen) atoms. The number of aryl methyl sites for hydroxylation is 1. The highest BCUT2D eigenvalue weighted by atomic mass is 35.5. The molecule has 94 valence electrons. The van der Waals surface area contributed by atoms with Gasteiger partial charge >= 0.3 is 0 Å². The van der Waals surface area contributed by atoms with Gasteiger partial charge in [-0.3, -0.25) is 0 Å². The molecule has 0 fully saturated rings. The van der Waals surface area contributed by atoms with Gasteiger partial charge in [-0.15, -0.1) is 11.6 Å². The molecule has 0 saturated carbocycles. The van der Waals surface area contributed by atoms with Crippen molar-refractivity contribution < 1.29 is 4.74 Å². The Hall–Kier alpha value is -1.47. The van der Waals surface area contributed by atoms with Crippen molar-refractivity contribution in [2.24, 2.45) is 0 Å². The predicted octanol–water partition coefficient (Wildman–Crippen LogP) is 4.53. The van der Waals surface area contributed by atoms with Crippen molar-refractivity contribution in [3.63, 3.8) is 0 Å². The Kier molecular flexibility index (Phi) is 4.27. The molecule has 0 spiro atoms. The van der Waals surface area contributed by atoms with Gasteiger partial charge in [-0.1, -0.05) is 42.0 Å². The SMILES string of the molecule is COc1ccc(CC(Cl)c2cccc(C)c2)cc1. The van der Waals surface area contributed by atoms with E-state index < -0.39 is 0 Å². The molecule has 0 radical (unpaired) electrons. The van der Waals surface area contributed by atoms with Gasteiger partial charge in [0.15, 0.2) is 0 Å². The number of benzene rings is 2. The molecule has 0 heterocycles. The molecule has 0 aliphatic rings. The van der Waals surface area contributed by atoms with Crippen LogP contribution in [0.5, 0.6) is 5.75 Å². The van der Waals surface area contributed by atoms with E-state index in [-0.39, 0.29) is 5.38 Å². The summed E-state index contributed by atoms with van der Waals surface area (Å²) in [5.41, 5.74) is 3.64. The molecular weight excluding hydrogens is 244 g/mol. The Morgan fingerprint density at radius 3 is 2.44 bits per heavy atom. The van der Waals surface area contributed by atoms with Crippen molar-refractivity contribution in [2.45, 2.75) is 18.7 Å². The minimum Gasteiger partial charge on any atom is -0.497 e. The first-order chi connectivity index (χ1) is 8.69. The fourth-order valence-corrected chi connectivity index (χ4v) is 2.27. The van der Waals surface area contributed by atoms with Crippen LogP contribution in [0.25, 0.3) is 0 Å². The van der Waals surface area contributed by atoms with Gasteiger partial charge in [-0.25, -0.2) is 0 Å². The van der Waals surface area contributed by atoms with Crippen LogP contribution in [0.3, 0.4) is 0 Å². The summed E-state index contributed by atoms with van der Waals surface area (Å²) < 4.78 is 5.14. The summed E-state index contributed by atoms with van der Waals surface area (Å²) in [5, 5.41) is 0.0123. The van der Waals surface area contributed by atoms with Crippen molar-refractivity contribution in [1.29, 1.82) is 0 Å². The molecule has 0 aliphatic carbocycles. The Bertz CT molecular complexity index is 505. The second-order valence-electron chi connectivity index (χ2n) is 4.43. The second-order valence-corrected chi connectivity index (χ2v) is 4.96. The highest BCUT2D eigenvalue weighted by Gasteiger charge is 2.09. The Balaban J connectivity index is 2.08. The van der Waals surface area contributed by atoms with E-state index in [1.807, 2.05) is 18.2 Å². The smallest absolute Gasteiger partial charge is 0.118 e. The van der Waals surface area contributed by atoms with Crippen LogP contribution in [0.15, 0.2) is 48.5 Å². The molecular formula is C16H17ClO. The van der Waals surface area contributed by atoms with E-state index in [4.69, 9.17) is 16.3 Å². The molecule has 1 nitrogen and oxygen atoms in total. The molecule has 2 aromatic carbocycles. The van der Waals surface area contributed by atoms with Crippen LogP contribution in [-0.4, -0.2) is 7.11 Å². The number of alkyl halides is 1. The lowest BCUT2D eigenvalue weighted by atomic mass is 10.0. The summed E-state index contributed by atoms with van der Waals surface area (Å²) in [4.78, 5) is 0. The van der Waals surface area contributed by atoms with E-state index in [0.717, 1.165) is 12.2 Å². The summed E-state index contributed by atoms with van der Waals surface area (Å²) in [6, 6.07) is 16.4. The molecule has 2 rings (SSSR count). The third kappa shape index (κ3) is 3.27. The van der Waals surface area contributed by atoms with Crippen LogP contribution >= 0.6 is 11.6 Å². The van der Waals surface area contributed by atoms with Crippen LogP contribution in [0.4, 0.5) is 0 Å². The van der Waals surface area contributed by atoms with Crippen LogP contribution in [0, 0.1) is 6.92 Å². The third-order valence-electron chi connectivity index (χ3n) is 2.98. The fourth-order valence-electron chi connectivity index (χ4n) is 1.95. The zero-order chi connectivity index (χ0) is 13.0. The number of halogens is 1. The molecule has 1 unspecified atom stereocenters. The van der Waals surface area contributed by atoms with Crippen molar-refractivity contribution in [2.75, 3.05) is 7.11 Å². The van der Waals surface area contributed by atoms with Gasteiger partial charge in [0, 0.05) is 0 Å². The predicted molar refractivity (Wildman–Crippen MR) is 76.5 cm³/mol. The summed E-state index contributed by atoms with van der Waals surface area (Å²) in [7, 11) is 1.67. The van der Waals surface area contributed by atoms with Gasteiger partial charge in [-0.2, -0.15) is 0 Å². The number of hydrogen-bond donors (Lipinski definition) is 0. The lowest BCUT2D eigenvalue weighted by Gasteiger charge is -2.11. The molecule has 0 aliphatic heterocycles. The van der Waals surface area contributed by atoms with Gasteiger partial charge in [-0.05, 0) is 36.6 Å².